The number of imidazole rings is 2. The lowest BCUT2D eigenvalue weighted by molar-refractivity contribution is 1.19. The van der Waals surface area contributed by atoms with Crippen LogP contribution >= 0.6 is 0 Å². The minimum absolute atomic E-state index is 0.783. The molecule has 0 N–H and O–H groups in total. The van der Waals surface area contributed by atoms with Crippen LogP contribution in [0.25, 0.3) is 111 Å². The number of hydrogen-bond donors (Lipinski definition) is 0. The molecule has 0 saturated heterocycles. The van der Waals surface area contributed by atoms with Crippen LogP contribution in [-0.4, -0.2) is 28.7 Å². The van der Waals surface area contributed by atoms with Gasteiger partial charge in [0.05, 0.1) is 33.8 Å². The van der Waals surface area contributed by atoms with Crippen LogP contribution in [0.3, 0.4) is 0 Å². The van der Waals surface area contributed by atoms with Gasteiger partial charge in [-0.25, -0.2) is 19.9 Å². The molecule has 16 aromatic rings. The lowest BCUT2D eigenvalue weighted by Gasteiger charge is -2.26. The monoisotopic (exact) mass is 1100 g/mol. The predicted molar refractivity (Wildman–Crippen MR) is 354 cm³/mol. The Morgan fingerprint density at radius 1 is 0.244 bits per heavy atom. The average molecular weight is 1100 g/mol. The largest absolute Gasteiger partial charge is 0.311 e. The van der Waals surface area contributed by atoms with Gasteiger partial charge in [0, 0.05) is 81.2 Å². The Balaban J connectivity index is 0.832. The second kappa shape index (κ2) is 21.2. The van der Waals surface area contributed by atoms with E-state index < -0.39 is 0 Å². The Bertz CT molecular complexity index is 4760. The van der Waals surface area contributed by atoms with Gasteiger partial charge in [0.1, 0.15) is 11.3 Å². The first-order chi connectivity index (χ1) is 42.6. The normalized spacial score (nSPS) is 11.5. The Morgan fingerprint density at radius 2 is 0.570 bits per heavy atom. The van der Waals surface area contributed by atoms with Gasteiger partial charge in [0.2, 0.25) is 0 Å². The lowest BCUT2D eigenvalue weighted by Crippen LogP contribution is -2.10. The molecular weight excluding hydrogens is 1050 g/mol. The minimum atomic E-state index is 0.783. The maximum atomic E-state index is 5.70. The van der Waals surface area contributed by atoms with Gasteiger partial charge >= 0.3 is 0 Å². The van der Waals surface area contributed by atoms with E-state index in [4.69, 9.17) is 19.9 Å². The van der Waals surface area contributed by atoms with Gasteiger partial charge in [-0.15, -0.1) is 0 Å². The fourth-order valence-electron chi connectivity index (χ4n) is 12.0. The lowest BCUT2D eigenvalue weighted by atomic mass is 9.91. The Kier molecular flexibility index (Phi) is 12.3. The Morgan fingerprint density at radius 3 is 0.953 bits per heavy atom. The van der Waals surface area contributed by atoms with Gasteiger partial charge in [-0.2, -0.15) is 0 Å². The SMILES string of the molecule is c1ccc(N(c2ccc(-c3cn4ccccc4n3)cc2)c2ccc(-c3nc4cc(-c5ccc6ccccc6c5)c(-c5ccc6ccccc6c5)cc4nc3-c3ccc(N(c4ccccc4)c4ccc(-c5cn6ccccc6n5)cc4)cc3)cc2)cc1. The van der Waals surface area contributed by atoms with Crippen molar-refractivity contribution in [2.45, 2.75) is 0 Å². The number of fused-ring (bicyclic) bond motifs is 5. The third kappa shape index (κ3) is 9.34. The number of anilines is 6. The van der Waals surface area contributed by atoms with Gasteiger partial charge in [-0.05, 0) is 165 Å². The molecular formula is C78H52N8. The molecule has 86 heavy (non-hydrogen) atoms. The molecule has 5 heterocycles. The number of aromatic nitrogens is 6. The third-order valence-corrected chi connectivity index (χ3v) is 16.3. The van der Waals surface area contributed by atoms with Crippen molar-refractivity contribution < 1.29 is 0 Å². The second-order valence-corrected chi connectivity index (χ2v) is 21.6. The van der Waals surface area contributed by atoms with Crippen LogP contribution in [0.1, 0.15) is 0 Å². The first-order valence-electron chi connectivity index (χ1n) is 28.9. The number of nitrogens with zero attached hydrogens (tertiary/aromatic N) is 8. The molecule has 0 bridgehead atoms. The molecule has 0 unspecified atom stereocenters. The third-order valence-electron chi connectivity index (χ3n) is 16.3. The number of benzene rings is 11. The highest BCUT2D eigenvalue weighted by molar-refractivity contribution is 6.00. The molecule has 0 amide bonds. The molecule has 0 radical (unpaired) electrons. The van der Waals surface area contributed by atoms with Gasteiger partial charge in [-0.3, -0.25) is 0 Å². The minimum Gasteiger partial charge on any atom is -0.311 e. The summed E-state index contributed by atoms with van der Waals surface area (Å²) in [5, 5.41) is 4.75. The second-order valence-electron chi connectivity index (χ2n) is 21.6. The van der Waals surface area contributed by atoms with Crippen molar-refractivity contribution in [2.24, 2.45) is 0 Å². The summed E-state index contributed by atoms with van der Waals surface area (Å²) < 4.78 is 4.11. The summed E-state index contributed by atoms with van der Waals surface area (Å²) >= 11 is 0. The molecule has 0 aliphatic carbocycles. The van der Waals surface area contributed by atoms with Crippen LogP contribution in [-0.2, 0) is 0 Å². The van der Waals surface area contributed by atoms with Crippen LogP contribution in [0.15, 0.2) is 316 Å². The zero-order valence-corrected chi connectivity index (χ0v) is 46.6. The summed E-state index contributed by atoms with van der Waals surface area (Å²) in [7, 11) is 0. The molecule has 0 aliphatic rings. The maximum absolute atomic E-state index is 5.70. The van der Waals surface area contributed by atoms with Crippen LogP contribution in [0.2, 0.25) is 0 Å². The van der Waals surface area contributed by atoms with Crippen molar-refractivity contribution in [3.05, 3.63) is 316 Å². The molecule has 5 aromatic heterocycles. The summed E-state index contributed by atoms with van der Waals surface area (Å²) in [6.45, 7) is 0. The first kappa shape index (κ1) is 50.0. The maximum Gasteiger partial charge on any atom is 0.137 e. The molecule has 0 fully saturated rings. The van der Waals surface area contributed by atoms with Crippen molar-refractivity contribution >= 4 is 78.0 Å². The van der Waals surface area contributed by atoms with E-state index in [1.54, 1.807) is 0 Å². The summed E-state index contributed by atoms with van der Waals surface area (Å²) in [4.78, 5) is 25.8. The zero-order chi connectivity index (χ0) is 56.9. The Hall–Kier alpha value is -11.7. The first-order valence-corrected chi connectivity index (χ1v) is 28.9. The molecule has 8 nitrogen and oxygen atoms in total. The van der Waals surface area contributed by atoms with Gasteiger partial charge in [0.25, 0.3) is 0 Å². The molecule has 11 aromatic carbocycles. The fourth-order valence-corrected chi connectivity index (χ4v) is 12.0. The highest BCUT2D eigenvalue weighted by Gasteiger charge is 2.21. The van der Waals surface area contributed by atoms with Crippen LogP contribution in [0.5, 0.6) is 0 Å². The fraction of sp³-hybridized carbons (Fsp3) is 0. The van der Waals surface area contributed by atoms with E-state index >= 15 is 0 Å². The van der Waals surface area contributed by atoms with Gasteiger partial charge < -0.3 is 18.6 Å². The molecule has 0 saturated carbocycles. The predicted octanol–water partition coefficient (Wildman–Crippen LogP) is 20.2. The van der Waals surface area contributed by atoms with Crippen molar-refractivity contribution in [2.75, 3.05) is 9.80 Å². The van der Waals surface area contributed by atoms with Gasteiger partial charge in [0.15, 0.2) is 0 Å². The number of pyridine rings is 2. The number of para-hydroxylation sites is 2. The summed E-state index contributed by atoms with van der Waals surface area (Å²) in [5.74, 6) is 0. The van der Waals surface area contributed by atoms with Crippen molar-refractivity contribution in [3.63, 3.8) is 0 Å². The number of hydrogen-bond acceptors (Lipinski definition) is 6. The van der Waals surface area contributed by atoms with Crippen molar-refractivity contribution in [3.8, 4) is 67.3 Å². The van der Waals surface area contributed by atoms with Crippen LogP contribution in [0.4, 0.5) is 34.1 Å². The summed E-state index contributed by atoms with van der Waals surface area (Å²) in [6.07, 6.45) is 8.22. The van der Waals surface area contributed by atoms with E-state index in [1.807, 2.05) is 48.8 Å². The van der Waals surface area contributed by atoms with E-state index in [9.17, 15) is 0 Å². The molecule has 0 aliphatic heterocycles. The Labute approximate surface area is 497 Å². The average Bonchev–Trinajstić information content (AvgIpc) is 1.45. The summed E-state index contributed by atoms with van der Waals surface area (Å²) in [6, 6.07) is 103. The highest BCUT2D eigenvalue weighted by atomic mass is 15.1. The topological polar surface area (TPSA) is 66.9 Å². The molecule has 0 atom stereocenters. The van der Waals surface area contributed by atoms with Crippen molar-refractivity contribution in [1.29, 1.82) is 0 Å². The highest BCUT2D eigenvalue weighted by Crippen LogP contribution is 2.43. The van der Waals surface area contributed by atoms with E-state index in [0.29, 0.717) is 0 Å². The molecule has 8 heteroatoms. The smallest absolute Gasteiger partial charge is 0.137 e. The summed E-state index contributed by atoms with van der Waals surface area (Å²) in [5.41, 5.74) is 21.4. The molecule has 16 rings (SSSR count). The molecule has 0 spiro atoms. The quantitative estimate of drug-likeness (QED) is 0.121. The zero-order valence-electron chi connectivity index (χ0n) is 46.6. The van der Waals surface area contributed by atoms with E-state index in [1.165, 1.54) is 21.5 Å². The van der Waals surface area contributed by atoms with Gasteiger partial charge in [-0.1, -0.05) is 170 Å². The number of rotatable bonds is 12. The molecule has 404 valence electrons. The van der Waals surface area contributed by atoms with E-state index in [2.05, 4.69) is 286 Å². The standard InChI is InChI=1S/C78H52N8/c1-3-19-63(20-4-1)85(65-37-29-55(30-38-65)73-51-83-45-13-11-23-75(83)79-73)67-41-33-57(34-42-67)77-78(58-35-43-68(44-36-58)86(64-21-5-2-6-22-64)66-39-31-56(32-40-66)74-52-84-46-14-12-24-76(84)80-74)82-72-50-70(62-28-26-54-16-8-10-18-60(54)48-62)69(49-71(72)81-77)61-27-25-53-15-7-9-17-59(53)47-61/h1-52H. The van der Waals surface area contributed by atoms with Crippen LogP contribution < -0.4 is 9.80 Å². The van der Waals surface area contributed by atoms with E-state index in [0.717, 1.165) is 124 Å². The van der Waals surface area contributed by atoms with E-state index in [-0.39, 0.29) is 0 Å². The van der Waals surface area contributed by atoms with Crippen molar-refractivity contribution in [1.82, 2.24) is 28.7 Å². The van der Waals surface area contributed by atoms with Crippen LogP contribution in [0, 0.1) is 0 Å².